The zero-order chi connectivity index (χ0) is 32.2. The van der Waals surface area contributed by atoms with Crippen LogP contribution in [0.4, 0.5) is 4.79 Å². The molecule has 1 saturated heterocycles. The van der Waals surface area contributed by atoms with Crippen molar-refractivity contribution in [3.05, 3.63) is 59.1 Å². The first-order valence-corrected chi connectivity index (χ1v) is 15.3. The largest absolute Gasteiger partial charge is 0.472 e. The van der Waals surface area contributed by atoms with Crippen LogP contribution in [0.15, 0.2) is 59.1 Å². The second kappa shape index (κ2) is 13.5. The molecule has 4 rings (SSSR count). The summed E-state index contributed by atoms with van der Waals surface area (Å²) in [4.78, 5) is 46.0. The molecule has 0 spiro atoms. The maximum absolute atomic E-state index is 14.0. The predicted molar refractivity (Wildman–Crippen MR) is 170 cm³/mol. The molecule has 3 unspecified atom stereocenters. The van der Waals surface area contributed by atoms with Crippen molar-refractivity contribution in [3.63, 3.8) is 0 Å². The van der Waals surface area contributed by atoms with E-state index in [1.807, 2.05) is 75.4 Å². The van der Waals surface area contributed by atoms with Crippen LogP contribution in [-0.2, 0) is 19.1 Å². The number of ether oxygens (including phenoxy) is 3. The van der Waals surface area contributed by atoms with Gasteiger partial charge in [-0.25, -0.2) is 14.6 Å². The van der Waals surface area contributed by atoms with Crippen molar-refractivity contribution in [3.8, 4) is 17.0 Å². The van der Waals surface area contributed by atoms with E-state index in [2.05, 4.69) is 21.2 Å². The van der Waals surface area contributed by atoms with Crippen molar-refractivity contribution < 1.29 is 33.7 Å². The number of benzene rings is 2. The number of pyridine rings is 1. The smallest absolute Gasteiger partial charge is 0.407 e. The number of para-hydroxylation sites is 1. The van der Waals surface area contributed by atoms with E-state index >= 15 is 0 Å². The lowest BCUT2D eigenvalue weighted by Gasteiger charge is -2.35. The first-order chi connectivity index (χ1) is 20.7. The highest BCUT2D eigenvalue weighted by atomic mass is 79.9. The van der Waals surface area contributed by atoms with Gasteiger partial charge in [0, 0.05) is 27.3 Å². The molecule has 236 valence electrons. The predicted octanol–water partition coefficient (Wildman–Crippen LogP) is 5.35. The monoisotopic (exact) mass is 669 g/mol. The maximum Gasteiger partial charge on any atom is 0.407 e. The molecule has 0 saturated carbocycles. The van der Waals surface area contributed by atoms with E-state index in [-0.39, 0.29) is 26.2 Å². The van der Waals surface area contributed by atoms with E-state index in [0.717, 1.165) is 26.5 Å². The minimum Gasteiger partial charge on any atom is -0.472 e. The SMILES string of the molecule is COC(=O)C1CC(Oc2nc3ccccc3cc2-c2cccc(Br)c2)CN1C(=O)C(NC(=O)OCC(C)(C)CO)C(C)(C)C. The Bertz CT molecular complexity index is 1520. The van der Waals surface area contributed by atoms with Crippen LogP contribution in [0.1, 0.15) is 41.0 Å². The zero-order valence-electron chi connectivity index (χ0n) is 25.9. The molecule has 3 aromatic rings. The van der Waals surface area contributed by atoms with Crippen LogP contribution in [0, 0.1) is 10.8 Å². The molecule has 0 bridgehead atoms. The molecule has 10 nitrogen and oxygen atoms in total. The van der Waals surface area contributed by atoms with Gasteiger partial charge in [0.15, 0.2) is 0 Å². The third-order valence-electron chi connectivity index (χ3n) is 7.52. The number of aliphatic hydroxyl groups excluding tert-OH is 1. The molecule has 44 heavy (non-hydrogen) atoms. The lowest BCUT2D eigenvalue weighted by atomic mass is 9.85. The van der Waals surface area contributed by atoms with Crippen LogP contribution in [0.3, 0.4) is 0 Å². The summed E-state index contributed by atoms with van der Waals surface area (Å²) in [7, 11) is 1.27. The van der Waals surface area contributed by atoms with Gasteiger partial charge in [-0.3, -0.25) is 4.79 Å². The quantitative estimate of drug-likeness (QED) is 0.292. The molecule has 1 aliphatic rings. The number of carbonyl (C=O) groups is 3. The van der Waals surface area contributed by atoms with E-state index in [0.29, 0.717) is 5.88 Å². The fraction of sp³-hybridized carbons (Fsp3) is 0.455. The fourth-order valence-electron chi connectivity index (χ4n) is 4.98. The number of fused-ring (bicyclic) bond motifs is 1. The molecule has 2 heterocycles. The van der Waals surface area contributed by atoms with Gasteiger partial charge in [-0.2, -0.15) is 0 Å². The molecular formula is C33H40BrN3O7. The van der Waals surface area contributed by atoms with Crippen LogP contribution < -0.4 is 10.1 Å². The molecule has 2 N–H and O–H groups in total. The Balaban J connectivity index is 1.62. The number of methoxy groups -OCH3 is 1. The highest BCUT2D eigenvalue weighted by molar-refractivity contribution is 9.10. The van der Waals surface area contributed by atoms with Crippen LogP contribution in [0.25, 0.3) is 22.0 Å². The Morgan fingerprint density at radius 1 is 1.09 bits per heavy atom. The van der Waals surface area contributed by atoms with Gasteiger partial charge in [-0.1, -0.05) is 80.9 Å². The highest BCUT2D eigenvalue weighted by Crippen LogP contribution is 2.36. The molecule has 2 amide bonds. The minimum atomic E-state index is -1.02. The van der Waals surface area contributed by atoms with Gasteiger partial charge < -0.3 is 29.5 Å². The Morgan fingerprint density at radius 3 is 2.48 bits per heavy atom. The maximum atomic E-state index is 14.0. The summed E-state index contributed by atoms with van der Waals surface area (Å²) in [5, 5.41) is 13.1. The van der Waals surface area contributed by atoms with E-state index < -0.39 is 47.0 Å². The standard InChI is InChI=1S/C33H40BrN3O7/c1-32(2,3)27(36-31(41)43-19-33(4,5)18-38)29(39)37-17-23(16-26(37)30(40)42-6)44-28-24(20-11-9-12-22(34)14-20)15-21-10-7-8-13-25(21)35-28/h7-15,23,26-27,38H,16-19H2,1-6H3,(H,36,41). The summed E-state index contributed by atoms with van der Waals surface area (Å²) in [6.45, 7) is 8.81. The number of carbonyl (C=O) groups excluding carboxylic acids is 3. The first-order valence-electron chi connectivity index (χ1n) is 14.5. The number of hydrogen-bond acceptors (Lipinski definition) is 8. The average Bonchev–Trinajstić information content (AvgIpc) is 3.41. The summed E-state index contributed by atoms with van der Waals surface area (Å²) in [6, 6.07) is 15.6. The molecule has 0 aliphatic carbocycles. The number of aromatic nitrogens is 1. The molecule has 2 aromatic carbocycles. The average molecular weight is 671 g/mol. The fourth-order valence-corrected chi connectivity index (χ4v) is 5.37. The Hall–Kier alpha value is -3.70. The summed E-state index contributed by atoms with van der Waals surface area (Å²) in [5.41, 5.74) is 1.04. The van der Waals surface area contributed by atoms with Gasteiger partial charge in [-0.05, 0) is 35.2 Å². The molecule has 1 aromatic heterocycles. The van der Waals surface area contributed by atoms with Crippen molar-refractivity contribution in [2.24, 2.45) is 10.8 Å². The van der Waals surface area contributed by atoms with E-state index in [9.17, 15) is 19.5 Å². The Kier molecular flexibility index (Phi) is 10.2. The van der Waals surface area contributed by atoms with E-state index in [4.69, 9.17) is 19.2 Å². The van der Waals surface area contributed by atoms with Crippen LogP contribution in [0.5, 0.6) is 5.88 Å². The Labute approximate surface area is 266 Å². The van der Waals surface area contributed by atoms with Gasteiger partial charge in [0.1, 0.15) is 24.8 Å². The summed E-state index contributed by atoms with van der Waals surface area (Å²) >= 11 is 3.54. The Morgan fingerprint density at radius 2 is 1.82 bits per heavy atom. The van der Waals surface area contributed by atoms with Crippen LogP contribution in [0.2, 0.25) is 0 Å². The molecular weight excluding hydrogens is 630 g/mol. The molecule has 0 radical (unpaired) electrons. The minimum absolute atomic E-state index is 0.0378. The number of nitrogens with zero attached hydrogens (tertiary/aromatic N) is 2. The van der Waals surface area contributed by atoms with Crippen molar-refractivity contribution in [1.29, 1.82) is 0 Å². The highest BCUT2D eigenvalue weighted by Gasteiger charge is 2.46. The second-order valence-corrected chi connectivity index (χ2v) is 13.8. The first kappa shape index (κ1) is 33.2. The third-order valence-corrected chi connectivity index (χ3v) is 8.01. The molecule has 11 heteroatoms. The summed E-state index contributed by atoms with van der Waals surface area (Å²) in [6.07, 6.45) is -1.20. The lowest BCUT2D eigenvalue weighted by Crippen LogP contribution is -2.57. The zero-order valence-corrected chi connectivity index (χ0v) is 27.5. The van der Waals surface area contributed by atoms with Gasteiger partial charge in [-0.15, -0.1) is 0 Å². The number of likely N-dealkylation sites (tertiary alicyclic amines) is 1. The van der Waals surface area contributed by atoms with Gasteiger partial charge in [0.05, 0.1) is 25.8 Å². The number of alkyl carbamates (subject to hydrolysis) is 1. The van der Waals surface area contributed by atoms with Crippen molar-refractivity contribution in [2.75, 3.05) is 26.9 Å². The van der Waals surface area contributed by atoms with Crippen LogP contribution in [-0.4, -0.2) is 78.0 Å². The van der Waals surface area contributed by atoms with Gasteiger partial charge in [0.25, 0.3) is 0 Å². The summed E-state index contributed by atoms with van der Waals surface area (Å²) in [5.74, 6) is -0.663. The number of esters is 1. The lowest BCUT2D eigenvalue weighted by molar-refractivity contribution is -0.152. The van der Waals surface area contributed by atoms with Gasteiger partial charge >= 0.3 is 12.1 Å². The summed E-state index contributed by atoms with van der Waals surface area (Å²) < 4.78 is 17.8. The van der Waals surface area contributed by atoms with E-state index in [1.54, 1.807) is 13.8 Å². The van der Waals surface area contributed by atoms with Crippen LogP contribution >= 0.6 is 15.9 Å². The molecule has 1 aliphatic heterocycles. The topological polar surface area (TPSA) is 127 Å². The molecule has 1 fully saturated rings. The van der Waals surface area contributed by atoms with Gasteiger partial charge in [0.2, 0.25) is 11.8 Å². The normalized spacial score (nSPS) is 17.7. The van der Waals surface area contributed by atoms with Crippen molar-refractivity contribution in [2.45, 2.75) is 59.2 Å². The molecule has 3 atom stereocenters. The number of rotatable bonds is 9. The second-order valence-electron chi connectivity index (χ2n) is 12.9. The number of aliphatic hydroxyl groups is 1. The van der Waals surface area contributed by atoms with E-state index in [1.165, 1.54) is 12.0 Å². The van der Waals surface area contributed by atoms with Crippen molar-refractivity contribution >= 4 is 44.8 Å². The number of nitrogens with one attached hydrogen (secondary N) is 1. The number of hydrogen-bond donors (Lipinski definition) is 2. The third kappa shape index (κ3) is 7.87. The van der Waals surface area contributed by atoms with Crippen molar-refractivity contribution in [1.82, 2.24) is 15.2 Å². The number of halogens is 1. The number of amides is 2.